The van der Waals surface area contributed by atoms with Gasteiger partial charge in [0, 0.05) is 34.3 Å². The van der Waals surface area contributed by atoms with Gasteiger partial charge in [-0.25, -0.2) is 4.90 Å². The average molecular weight is 647 g/mol. The summed E-state index contributed by atoms with van der Waals surface area (Å²) >= 11 is 1.77. The van der Waals surface area contributed by atoms with Crippen LogP contribution in [-0.4, -0.2) is 32.5 Å². The molecule has 0 spiro atoms. The van der Waals surface area contributed by atoms with Gasteiger partial charge in [0.05, 0.1) is 22.2 Å². The van der Waals surface area contributed by atoms with E-state index in [2.05, 4.69) is 10.3 Å². The van der Waals surface area contributed by atoms with Crippen LogP contribution in [-0.2, 0) is 27.1 Å². The largest absolute Gasteiger partial charge is 0.418 e. The number of hydrogen-bond acceptors (Lipinski definition) is 7. The van der Waals surface area contributed by atoms with Crippen LogP contribution in [0.15, 0.2) is 101 Å². The first-order valence-corrected chi connectivity index (χ1v) is 15.4. The highest BCUT2D eigenvalue weighted by Crippen LogP contribution is 2.54. The van der Waals surface area contributed by atoms with Crippen LogP contribution >= 0.6 is 23.1 Å². The molecule has 3 atom stereocenters. The molecular weight excluding hydrogens is 626 g/mol. The zero-order valence-corrected chi connectivity index (χ0v) is 24.7. The summed E-state index contributed by atoms with van der Waals surface area (Å²) in [7, 11) is 0. The van der Waals surface area contributed by atoms with E-state index in [1.807, 2.05) is 30.3 Å². The fourth-order valence-corrected chi connectivity index (χ4v) is 8.76. The molecule has 8 nitrogen and oxygen atoms in total. The monoisotopic (exact) mass is 646 g/mol. The molecule has 1 fully saturated rings. The van der Waals surface area contributed by atoms with E-state index >= 15 is 0 Å². The third-order valence-electron chi connectivity index (χ3n) is 7.91. The highest BCUT2D eigenvalue weighted by Gasteiger charge is 2.57. The number of amides is 3. The second kappa shape index (κ2) is 11.0. The van der Waals surface area contributed by atoms with Gasteiger partial charge in [0.2, 0.25) is 17.7 Å². The van der Waals surface area contributed by atoms with Crippen LogP contribution in [0, 0.1) is 5.92 Å². The number of imide groups is 1. The van der Waals surface area contributed by atoms with Crippen molar-refractivity contribution in [3.05, 3.63) is 117 Å². The summed E-state index contributed by atoms with van der Waals surface area (Å²) < 4.78 is 43.1. The van der Waals surface area contributed by atoms with Crippen LogP contribution in [0.1, 0.15) is 21.9 Å². The second-order valence-electron chi connectivity index (χ2n) is 10.6. The number of thiazole rings is 1. The quantitative estimate of drug-likeness (QED) is 0.238. The maximum atomic E-state index is 14.0. The van der Waals surface area contributed by atoms with Gasteiger partial charge in [-0.3, -0.25) is 28.7 Å². The number of benzene rings is 3. The lowest BCUT2D eigenvalue weighted by molar-refractivity contribution is -0.137. The maximum absolute atomic E-state index is 14.0. The Morgan fingerprint density at radius 2 is 1.67 bits per heavy atom. The van der Waals surface area contributed by atoms with E-state index in [9.17, 15) is 32.3 Å². The Balaban J connectivity index is 1.28. The number of rotatable bonds is 5. The van der Waals surface area contributed by atoms with Crippen LogP contribution in [0.2, 0.25) is 0 Å². The molecule has 1 saturated heterocycles. The van der Waals surface area contributed by atoms with Crippen molar-refractivity contribution in [1.29, 1.82) is 0 Å². The normalized spacial score (nSPS) is 19.4. The fraction of sp³-hybridized carbons (Fsp3) is 0.156. The molecule has 5 aromatic rings. The predicted octanol–water partition coefficient (Wildman–Crippen LogP) is 5.91. The maximum Gasteiger partial charge on any atom is 0.418 e. The van der Waals surface area contributed by atoms with E-state index < -0.39 is 57.1 Å². The van der Waals surface area contributed by atoms with Crippen LogP contribution < -0.4 is 15.1 Å². The van der Waals surface area contributed by atoms with E-state index in [1.165, 1.54) is 29.1 Å². The number of pyridine rings is 1. The number of anilines is 2. The van der Waals surface area contributed by atoms with Crippen molar-refractivity contribution in [2.24, 2.45) is 5.92 Å². The number of carbonyl (C=O) groups excluding carboxylic acids is 3. The Labute approximate surface area is 261 Å². The Hall–Kier alpha value is -4.75. The summed E-state index contributed by atoms with van der Waals surface area (Å²) in [5, 5.41) is 3.78. The van der Waals surface area contributed by atoms with Gasteiger partial charge < -0.3 is 5.32 Å². The van der Waals surface area contributed by atoms with Gasteiger partial charge in [0.1, 0.15) is 11.8 Å². The Kier molecular flexibility index (Phi) is 7.09. The van der Waals surface area contributed by atoms with Gasteiger partial charge in [-0.15, -0.1) is 0 Å². The molecule has 3 amide bonds. The molecule has 4 heterocycles. The molecular formula is C32H21F3N4O4S2. The van der Waals surface area contributed by atoms with Crippen molar-refractivity contribution < 1.29 is 27.6 Å². The molecule has 13 heteroatoms. The number of para-hydroxylation sites is 1. The number of alkyl halides is 3. The molecule has 45 heavy (non-hydrogen) atoms. The van der Waals surface area contributed by atoms with Gasteiger partial charge in [0.15, 0.2) is 0 Å². The number of nitrogens with zero attached hydrogens (tertiary/aromatic N) is 3. The summed E-state index contributed by atoms with van der Waals surface area (Å²) in [6.45, 7) is -0.374. The van der Waals surface area contributed by atoms with Crippen LogP contribution in [0.25, 0.3) is 10.8 Å². The van der Waals surface area contributed by atoms with Crippen molar-refractivity contribution in [3.63, 3.8) is 0 Å². The van der Waals surface area contributed by atoms with Crippen LogP contribution in [0.3, 0.4) is 0 Å². The lowest BCUT2D eigenvalue weighted by Crippen LogP contribution is -2.33. The minimum atomic E-state index is -4.81. The predicted molar refractivity (Wildman–Crippen MR) is 164 cm³/mol. The highest BCUT2D eigenvalue weighted by atomic mass is 32.2. The smallest absolute Gasteiger partial charge is 0.324 e. The fourth-order valence-electron chi connectivity index (χ4n) is 5.99. The second-order valence-corrected chi connectivity index (χ2v) is 12.7. The molecule has 0 aliphatic carbocycles. The number of nitrogens with one attached hydrogen (secondary N) is 1. The van der Waals surface area contributed by atoms with Crippen molar-refractivity contribution in [3.8, 4) is 0 Å². The first kappa shape index (κ1) is 29.0. The highest BCUT2D eigenvalue weighted by molar-refractivity contribution is 8.00. The van der Waals surface area contributed by atoms with Gasteiger partial charge in [-0.05, 0) is 35.2 Å². The number of halogens is 3. The van der Waals surface area contributed by atoms with E-state index in [-0.39, 0.29) is 6.54 Å². The van der Waals surface area contributed by atoms with Gasteiger partial charge in [0.25, 0.3) is 0 Å². The van der Waals surface area contributed by atoms with E-state index in [1.54, 1.807) is 24.3 Å². The lowest BCUT2D eigenvalue weighted by Gasteiger charge is -2.30. The first-order chi connectivity index (χ1) is 21.6. The molecule has 2 aliphatic rings. The zero-order chi connectivity index (χ0) is 31.5. The van der Waals surface area contributed by atoms with Crippen molar-refractivity contribution in [1.82, 2.24) is 9.55 Å². The van der Waals surface area contributed by atoms with Crippen molar-refractivity contribution >= 4 is 63.0 Å². The van der Waals surface area contributed by atoms with Crippen LogP contribution in [0.4, 0.5) is 24.5 Å². The van der Waals surface area contributed by atoms with Crippen LogP contribution in [0.5, 0.6) is 0 Å². The number of carbonyl (C=O) groups is 3. The molecule has 226 valence electrons. The zero-order valence-electron chi connectivity index (χ0n) is 23.0. The molecule has 0 radical (unpaired) electrons. The molecule has 2 aromatic heterocycles. The van der Waals surface area contributed by atoms with Gasteiger partial charge >= 0.3 is 11.0 Å². The number of fused-ring (bicyclic) bond motifs is 3. The summed E-state index contributed by atoms with van der Waals surface area (Å²) in [6.07, 6.45) is -1.77. The molecule has 2 unspecified atom stereocenters. The average Bonchev–Trinajstić information content (AvgIpc) is 3.47. The van der Waals surface area contributed by atoms with E-state index in [4.69, 9.17) is 0 Å². The Bertz CT molecular complexity index is 2060. The summed E-state index contributed by atoms with van der Waals surface area (Å²) in [4.78, 5) is 59.3. The minimum Gasteiger partial charge on any atom is -0.324 e. The molecule has 7 rings (SSSR count). The lowest BCUT2D eigenvalue weighted by atomic mass is 9.84. The topological polar surface area (TPSA) is 101 Å². The van der Waals surface area contributed by atoms with Crippen molar-refractivity contribution in [2.45, 2.75) is 28.9 Å². The third-order valence-corrected chi connectivity index (χ3v) is 10.5. The number of hydrogen-bond donors (Lipinski definition) is 1. The molecule has 2 aliphatic heterocycles. The van der Waals surface area contributed by atoms with Gasteiger partial charge in [-0.2, -0.15) is 13.2 Å². The minimum absolute atomic E-state index is 0.320. The molecule has 0 saturated carbocycles. The van der Waals surface area contributed by atoms with E-state index in [0.29, 0.717) is 26.1 Å². The molecule has 1 N–H and O–H groups in total. The molecule has 3 aromatic carbocycles. The SMILES string of the molecule is O=C(Cn1c2c(sc1=O)[C@H](c1cccnc1)C1C(=O)N(c3ccccc3C(F)(F)F)C(=O)C1S2)Nc1cccc2ccccc12. The first-order valence-electron chi connectivity index (χ1n) is 13.7. The third kappa shape index (κ3) is 4.92. The standard InChI is InChI=1S/C32H21F3N4O4S2/c33-32(34,35)20-11-3-4-13-22(20)39-28(41)25-24(18-9-6-14-36-15-18)27-30(44-26(25)29(39)42)38(31(43)45-27)16-23(40)37-21-12-5-8-17-7-1-2-10-19(17)21/h1-15,24-26H,16H2,(H,37,40)/t24-,25?,26?/m1/s1. The summed E-state index contributed by atoms with van der Waals surface area (Å²) in [5.41, 5.74) is -0.568. The Morgan fingerprint density at radius 3 is 2.44 bits per heavy atom. The Morgan fingerprint density at radius 1 is 0.911 bits per heavy atom. The van der Waals surface area contributed by atoms with Gasteiger partial charge in [-0.1, -0.05) is 77.7 Å². The number of thioether (sulfide) groups is 1. The van der Waals surface area contributed by atoms with E-state index in [0.717, 1.165) is 46.0 Å². The number of aromatic nitrogens is 2. The van der Waals surface area contributed by atoms with Crippen molar-refractivity contribution in [2.75, 3.05) is 10.2 Å². The summed E-state index contributed by atoms with van der Waals surface area (Å²) in [5.74, 6) is -4.05. The summed E-state index contributed by atoms with van der Waals surface area (Å²) in [6, 6.07) is 20.8. The molecule has 0 bridgehead atoms.